The Morgan fingerprint density at radius 3 is 2.36 bits per heavy atom. The molecule has 2 aromatic carbocycles. The highest BCUT2D eigenvalue weighted by molar-refractivity contribution is 6.05. The molecule has 0 unspecified atom stereocenters. The largest absolute Gasteiger partial charge is 0.494 e. The van der Waals surface area contributed by atoms with Gasteiger partial charge in [-0.3, -0.25) is 9.59 Å². The molecular formula is C20H24N2O3. The Kier molecular flexibility index (Phi) is 7.01. The lowest BCUT2D eigenvalue weighted by atomic mass is 10.2. The summed E-state index contributed by atoms with van der Waals surface area (Å²) >= 11 is 0. The van der Waals surface area contributed by atoms with Gasteiger partial charge in [0, 0.05) is 23.4 Å². The highest BCUT2D eigenvalue weighted by Gasteiger charge is 2.08. The van der Waals surface area contributed by atoms with Gasteiger partial charge in [-0.1, -0.05) is 26.0 Å². The molecule has 5 heteroatoms. The van der Waals surface area contributed by atoms with E-state index in [0.717, 1.165) is 12.8 Å². The Bertz CT molecular complexity index is 728. The minimum Gasteiger partial charge on any atom is -0.494 e. The van der Waals surface area contributed by atoms with Crippen molar-refractivity contribution in [3.05, 3.63) is 54.1 Å². The number of carbonyl (C=O) groups excluding carboxylic acids is 2. The molecule has 132 valence electrons. The van der Waals surface area contributed by atoms with Crippen molar-refractivity contribution < 1.29 is 14.3 Å². The molecule has 5 nitrogen and oxygen atoms in total. The van der Waals surface area contributed by atoms with Crippen molar-refractivity contribution in [2.24, 2.45) is 0 Å². The molecule has 0 fully saturated rings. The fourth-order valence-electron chi connectivity index (χ4n) is 2.28. The van der Waals surface area contributed by atoms with E-state index in [9.17, 15) is 9.59 Å². The molecule has 0 spiro atoms. The van der Waals surface area contributed by atoms with Gasteiger partial charge in [-0.25, -0.2) is 0 Å². The standard InChI is InChI=1S/C20H24N2O3/c1-3-7-19(23)21-16-9-6-10-17(14-16)22-20(24)15-8-5-11-18(13-15)25-12-4-2/h5-6,8-11,13-14H,3-4,7,12H2,1-2H3,(H,21,23)(H,22,24). The van der Waals surface area contributed by atoms with Crippen LogP contribution in [0, 0.1) is 0 Å². The number of carbonyl (C=O) groups is 2. The van der Waals surface area contributed by atoms with E-state index in [1.807, 2.05) is 19.9 Å². The predicted octanol–water partition coefficient (Wildman–Crippen LogP) is 4.47. The average Bonchev–Trinajstić information content (AvgIpc) is 2.60. The monoisotopic (exact) mass is 340 g/mol. The highest BCUT2D eigenvalue weighted by atomic mass is 16.5. The van der Waals surface area contributed by atoms with Crippen LogP contribution in [0.15, 0.2) is 48.5 Å². The number of benzene rings is 2. The molecule has 2 N–H and O–H groups in total. The van der Waals surface area contributed by atoms with Crippen LogP contribution < -0.4 is 15.4 Å². The van der Waals surface area contributed by atoms with Gasteiger partial charge in [0.2, 0.25) is 5.91 Å². The van der Waals surface area contributed by atoms with E-state index < -0.39 is 0 Å². The maximum Gasteiger partial charge on any atom is 0.255 e. The number of ether oxygens (including phenoxy) is 1. The highest BCUT2D eigenvalue weighted by Crippen LogP contribution is 2.18. The minimum absolute atomic E-state index is 0.0354. The Morgan fingerprint density at radius 2 is 1.64 bits per heavy atom. The third-order valence-electron chi connectivity index (χ3n) is 3.45. The van der Waals surface area contributed by atoms with E-state index in [2.05, 4.69) is 10.6 Å². The average molecular weight is 340 g/mol. The molecule has 0 saturated carbocycles. The van der Waals surface area contributed by atoms with Gasteiger partial charge in [-0.2, -0.15) is 0 Å². The zero-order valence-electron chi connectivity index (χ0n) is 14.7. The van der Waals surface area contributed by atoms with Crippen molar-refractivity contribution in [1.82, 2.24) is 0 Å². The van der Waals surface area contributed by atoms with Crippen molar-refractivity contribution in [1.29, 1.82) is 0 Å². The lowest BCUT2D eigenvalue weighted by Crippen LogP contribution is -2.13. The summed E-state index contributed by atoms with van der Waals surface area (Å²) in [6, 6.07) is 14.2. The number of amides is 2. The molecule has 2 rings (SSSR count). The third-order valence-corrected chi connectivity index (χ3v) is 3.45. The van der Waals surface area contributed by atoms with Crippen molar-refractivity contribution >= 4 is 23.2 Å². The van der Waals surface area contributed by atoms with Crippen LogP contribution in [-0.4, -0.2) is 18.4 Å². The number of anilines is 2. The van der Waals surface area contributed by atoms with Crippen LogP contribution in [0.3, 0.4) is 0 Å². The maximum absolute atomic E-state index is 12.4. The zero-order valence-corrected chi connectivity index (χ0v) is 14.7. The van der Waals surface area contributed by atoms with Crippen LogP contribution >= 0.6 is 0 Å². The molecular weight excluding hydrogens is 316 g/mol. The van der Waals surface area contributed by atoms with Crippen LogP contribution in [0.2, 0.25) is 0 Å². The van der Waals surface area contributed by atoms with E-state index in [0.29, 0.717) is 35.7 Å². The van der Waals surface area contributed by atoms with Gasteiger partial charge in [0.05, 0.1) is 6.61 Å². The normalized spacial score (nSPS) is 10.2. The molecule has 0 bridgehead atoms. The van der Waals surface area contributed by atoms with Crippen molar-refractivity contribution in [2.75, 3.05) is 17.2 Å². The number of rotatable bonds is 8. The Morgan fingerprint density at radius 1 is 0.920 bits per heavy atom. The summed E-state index contributed by atoms with van der Waals surface area (Å²) in [5, 5.41) is 5.66. The van der Waals surface area contributed by atoms with Gasteiger partial charge < -0.3 is 15.4 Å². The van der Waals surface area contributed by atoms with Gasteiger partial charge in [-0.15, -0.1) is 0 Å². The van der Waals surface area contributed by atoms with Gasteiger partial charge >= 0.3 is 0 Å². The lowest BCUT2D eigenvalue weighted by Gasteiger charge is -2.10. The van der Waals surface area contributed by atoms with Gasteiger partial charge in [0.1, 0.15) is 5.75 Å². The first-order chi connectivity index (χ1) is 12.1. The van der Waals surface area contributed by atoms with Crippen LogP contribution in [-0.2, 0) is 4.79 Å². The number of hydrogen-bond acceptors (Lipinski definition) is 3. The summed E-state index contributed by atoms with van der Waals surface area (Å²) in [7, 11) is 0. The Labute approximate surface area is 148 Å². The third kappa shape index (κ3) is 5.95. The fourth-order valence-corrected chi connectivity index (χ4v) is 2.28. The first kappa shape index (κ1) is 18.5. The zero-order chi connectivity index (χ0) is 18.1. The molecule has 0 aliphatic carbocycles. The van der Waals surface area contributed by atoms with E-state index in [1.54, 1.807) is 42.5 Å². The maximum atomic E-state index is 12.4. The molecule has 0 aliphatic rings. The van der Waals surface area contributed by atoms with Crippen molar-refractivity contribution in [3.8, 4) is 5.75 Å². The summed E-state index contributed by atoms with van der Waals surface area (Å²) in [6.45, 7) is 4.60. The minimum atomic E-state index is -0.223. The second kappa shape index (κ2) is 9.47. The Balaban J connectivity index is 2.04. The smallest absolute Gasteiger partial charge is 0.255 e. The molecule has 25 heavy (non-hydrogen) atoms. The topological polar surface area (TPSA) is 67.4 Å². The van der Waals surface area contributed by atoms with E-state index in [1.165, 1.54) is 0 Å². The molecule has 0 atom stereocenters. The van der Waals surface area contributed by atoms with Crippen LogP contribution in [0.25, 0.3) is 0 Å². The van der Waals surface area contributed by atoms with Gasteiger partial charge in [-0.05, 0) is 49.2 Å². The molecule has 2 aromatic rings. The van der Waals surface area contributed by atoms with E-state index >= 15 is 0 Å². The molecule has 0 saturated heterocycles. The second-order valence-electron chi connectivity index (χ2n) is 5.71. The van der Waals surface area contributed by atoms with E-state index in [-0.39, 0.29) is 11.8 Å². The van der Waals surface area contributed by atoms with Crippen molar-refractivity contribution in [3.63, 3.8) is 0 Å². The summed E-state index contributed by atoms with van der Waals surface area (Å²) in [5.74, 6) is 0.417. The summed E-state index contributed by atoms with van der Waals surface area (Å²) in [6.07, 6.45) is 2.17. The van der Waals surface area contributed by atoms with Gasteiger partial charge in [0.15, 0.2) is 0 Å². The first-order valence-corrected chi connectivity index (χ1v) is 8.56. The first-order valence-electron chi connectivity index (χ1n) is 8.56. The van der Waals surface area contributed by atoms with Crippen LogP contribution in [0.1, 0.15) is 43.5 Å². The summed E-state index contributed by atoms with van der Waals surface area (Å²) in [4.78, 5) is 24.1. The fraction of sp³-hybridized carbons (Fsp3) is 0.300. The number of hydrogen-bond donors (Lipinski definition) is 2. The number of nitrogens with one attached hydrogen (secondary N) is 2. The van der Waals surface area contributed by atoms with E-state index in [4.69, 9.17) is 4.74 Å². The summed E-state index contributed by atoms with van der Waals surface area (Å²) in [5.41, 5.74) is 1.81. The lowest BCUT2D eigenvalue weighted by molar-refractivity contribution is -0.116. The second-order valence-corrected chi connectivity index (χ2v) is 5.71. The summed E-state index contributed by atoms with van der Waals surface area (Å²) < 4.78 is 5.55. The molecule has 0 aromatic heterocycles. The van der Waals surface area contributed by atoms with Crippen LogP contribution in [0.5, 0.6) is 5.75 Å². The van der Waals surface area contributed by atoms with Crippen molar-refractivity contribution in [2.45, 2.75) is 33.1 Å². The van der Waals surface area contributed by atoms with Crippen LogP contribution in [0.4, 0.5) is 11.4 Å². The predicted molar refractivity (Wildman–Crippen MR) is 100 cm³/mol. The molecule has 0 aliphatic heterocycles. The Hall–Kier alpha value is -2.82. The SMILES string of the molecule is CCCOc1cccc(C(=O)Nc2cccc(NC(=O)CCC)c2)c1. The molecule has 0 radical (unpaired) electrons. The molecule has 2 amide bonds. The van der Waals surface area contributed by atoms with Gasteiger partial charge in [0.25, 0.3) is 5.91 Å². The quantitative estimate of drug-likeness (QED) is 0.745. The molecule has 0 heterocycles.